The Bertz CT molecular complexity index is 1570. The van der Waals surface area contributed by atoms with Gasteiger partial charge < -0.3 is 25.6 Å². The second-order valence-corrected chi connectivity index (χ2v) is 11.7. The van der Waals surface area contributed by atoms with Gasteiger partial charge in [-0.1, -0.05) is 24.3 Å². The minimum Gasteiger partial charge on any atom is -0.482 e. The van der Waals surface area contributed by atoms with Crippen LogP contribution in [0, 0.1) is 0 Å². The topological polar surface area (TPSA) is 110 Å². The first-order valence-electron chi connectivity index (χ1n) is 15.1. The lowest BCUT2D eigenvalue weighted by molar-refractivity contribution is 0.0644. The first-order chi connectivity index (χ1) is 20.6. The van der Waals surface area contributed by atoms with Gasteiger partial charge in [-0.3, -0.25) is 4.79 Å². The van der Waals surface area contributed by atoms with Gasteiger partial charge in [0.1, 0.15) is 12.4 Å². The third-order valence-corrected chi connectivity index (χ3v) is 8.68. The number of anilines is 2. The number of aromatic nitrogens is 3. The van der Waals surface area contributed by atoms with Crippen molar-refractivity contribution in [3.8, 4) is 16.9 Å². The molecule has 0 unspecified atom stereocenters. The van der Waals surface area contributed by atoms with Crippen molar-refractivity contribution in [2.75, 3.05) is 37.2 Å². The van der Waals surface area contributed by atoms with Crippen LogP contribution in [0.5, 0.6) is 5.75 Å². The highest BCUT2D eigenvalue weighted by molar-refractivity contribution is 5.95. The molecule has 2 aliphatic heterocycles. The number of nitrogens with two attached hydrogens (primary N) is 1. The molecule has 9 heteroatoms. The van der Waals surface area contributed by atoms with Crippen molar-refractivity contribution in [2.45, 2.75) is 57.2 Å². The van der Waals surface area contributed by atoms with Gasteiger partial charge in [0.05, 0.1) is 5.52 Å². The zero-order valence-corrected chi connectivity index (χ0v) is 23.8. The van der Waals surface area contributed by atoms with Crippen LogP contribution in [-0.4, -0.2) is 68.9 Å². The molecule has 3 aliphatic rings. The van der Waals surface area contributed by atoms with Gasteiger partial charge in [0.15, 0.2) is 17.4 Å². The first kappa shape index (κ1) is 26.6. The zero-order chi connectivity index (χ0) is 28.5. The fourth-order valence-electron chi connectivity index (χ4n) is 6.12. The maximum absolute atomic E-state index is 13.2. The van der Waals surface area contributed by atoms with Crippen LogP contribution < -0.4 is 15.8 Å². The minimum absolute atomic E-state index is 0.104. The average Bonchev–Trinajstić information content (AvgIpc) is 3.68. The Hall–Kier alpha value is -4.24. The Kier molecular flexibility index (Phi) is 7.34. The van der Waals surface area contributed by atoms with E-state index in [1.165, 1.54) is 25.9 Å². The quantitative estimate of drug-likeness (QED) is 0.304. The zero-order valence-electron chi connectivity index (χ0n) is 23.8. The summed E-state index contributed by atoms with van der Waals surface area (Å²) in [5, 5.41) is 4.52. The predicted octanol–water partition coefficient (Wildman–Crippen LogP) is 5.13. The van der Waals surface area contributed by atoms with E-state index in [1.54, 1.807) is 6.20 Å². The monoisotopic (exact) mass is 563 g/mol. The summed E-state index contributed by atoms with van der Waals surface area (Å²) < 4.78 is 6.09. The fraction of sp³-hybridized carbons (Fsp3) is 0.394. The van der Waals surface area contributed by atoms with Crippen molar-refractivity contribution in [1.29, 1.82) is 0 Å². The number of hydrogen-bond donors (Lipinski definition) is 2. The number of nitrogen functional groups attached to an aromatic ring is 1. The summed E-state index contributed by atoms with van der Waals surface area (Å²) in [7, 11) is 0. The number of nitrogens with zero attached hydrogens (tertiary/aromatic N) is 5. The van der Waals surface area contributed by atoms with Crippen molar-refractivity contribution >= 4 is 28.4 Å². The number of amides is 1. The number of para-hydroxylation sites is 1. The van der Waals surface area contributed by atoms with Crippen LogP contribution in [0.15, 0.2) is 60.8 Å². The average molecular weight is 564 g/mol. The number of fused-ring (bicyclic) bond motifs is 1. The van der Waals surface area contributed by atoms with E-state index >= 15 is 0 Å². The molecule has 4 heterocycles. The van der Waals surface area contributed by atoms with E-state index < -0.39 is 0 Å². The first-order valence-corrected chi connectivity index (χ1v) is 15.1. The lowest BCUT2D eigenvalue weighted by Gasteiger charge is -2.36. The molecule has 4 aromatic rings. The molecule has 7 rings (SSSR count). The molecule has 9 nitrogen and oxygen atoms in total. The number of nitrogens with one attached hydrogen (secondary N) is 1. The Balaban J connectivity index is 1.02. The molecule has 216 valence electrons. The SMILES string of the molecule is Nc1ncc(-c2ccc(C(=O)N3CCC(N4CCCC4)CC3)cc2)cc1OCc1nc(NC2CC2)c2ccccc2n1. The van der Waals surface area contributed by atoms with E-state index in [4.69, 9.17) is 20.4 Å². The number of pyridine rings is 1. The molecule has 1 aliphatic carbocycles. The Morgan fingerprint density at radius 1 is 0.929 bits per heavy atom. The van der Waals surface area contributed by atoms with Gasteiger partial charge in [0.25, 0.3) is 5.91 Å². The molecule has 0 atom stereocenters. The number of hydrogen-bond acceptors (Lipinski definition) is 8. The van der Waals surface area contributed by atoms with Gasteiger partial charge in [-0.25, -0.2) is 15.0 Å². The maximum Gasteiger partial charge on any atom is 0.253 e. The normalized spacial score (nSPS) is 18.0. The molecule has 0 bridgehead atoms. The van der Waals surface area contributed by atoms with Crippen LogP contribution in [0.3, 0.4) is 0 Å². The Morgan fingerprint density at radius 2 is 1.69 bits per heavy atom. The summed E-state index contributed by atoms with van der Waals surface area (Å²) in [6.45, 7) is 4.24. The van der Waals surface area contributed by atoms with Crippen LogP contribution in [0.1, 0.15) is 54.7 Å². The van der Waals surface area contributed by atoms with E-state index in [2.05, 4.69) is 15.2 Å². The summed E-state index contributed by atoms with van der Waals surface area (Å²) in [5.74, 6) is 2.30. The van der Waals surface area contributed by atoms with Crippen LogP contribution in [0.25, 0.3) is 22.0 Å². The minimum atomic E-state index is 0.104. The molecular weight excluding hydrogens is 526 g/mol. The van der Waals surface area contributed by atoms with Crippen molar-refractivity contribution < 1.29 is 9.53 Å². The van der Waals surface area contributed by atoms with Gasteiger partial charge in [-0.15, -0.1) is 0 Å². The molecule has 3 fully saturated rings. The van der Waals surface area contributed by atoms with Crippen LogP contribution in [0.2, 0.25) is 0 Å². The standard InChI is InChI=1S/C33H37N7O2/c34-31-29(42-21-30-37-28-6-2-1-5-27(28)32(38-30)36-25-11-12-25)19-24(20-35-31)22-7-9-23(10-8-22)33(41)40-17-13-26(14-18-40)39-15-3-4-16-39/h1-2,5-10,19-20,25-26H,3-4,11-18,21H2,(H2,34,35)(H,36,37,38). The van der Waals surface area contributed by atoms with Crippen molar-refractivity contribution in [3.05, 3.63) is 72.2 Å². The summed E-state index contributed by atoms with van der Waals surface area (Å²) >= 11 is 0. The molecule has 42 heavy (non-hydrogen) atoms. The number of carbonyl (C=O) groups excluding carboxylic acids is 1. The highest BCUT2D eigenvalue weighted by Crippen LogP contribution is 2.30. The smallest absolute Gasteiger partial charge is 0.253 e. The molecule has 0 radical (unpaired) electrons. The fourth-order valence-corrected chi connectivity index (χ4v) is 6.12. The third-order valence-electron chi connectivity index (χ3n) is 8.68. The molecule has 2 saturated heterocycles. The number of likely N-dealkylation sites (tertiary alicyclic amines) is 2. The highest BCUT2D eigenvalue weighted by Gasteiger charge is 2.28. The molecule has 1 saturated carbocycles. The molecule has 0 spiro atoms. The summed E-state index contributed by atoms with van der Waals surface area (Å²) in [4.78, 5) is 31.6. The Labute approximate surface area is 246 Å². The number of rotatable bonds is 8. The van der Waals surface area contributed by atoms with E-state index in [1.807, 2.05) is 59.5 Å². The highest BCUT2D eigenvalue weighted by atomic mass is 16.5. The van der Waals surface area contributed by atoms with Gasteiger partial charge >= 0.3 is 0 Å². The number of carbonyl (C=O) groups is 1. The van der Waals surface area contributed by atoms with Crippen LogP contribution in [-0.2, 0) is 6.61 Å². The largest absolute Gasteiger partial charge is 0.482 e. The van der Waals surface area contributed by atoms with Gasteiger partial charge in [0.2, 0.25) is 0 Å². The van der Waals surface area contributed by atoms with E-state index in [-0.39, 0.29) is 12.5 Å². The number of benzene rings is 2. The third kappa shape index (κ3) is 5.74. The van der Waals surface area contributed by atoms with Crippen molar-refractivity contribution in [3.63, 3.8) is 0 Å². The van der Waals surface area contributed by atoms with E-state index in [9.17, 15) is 4.79 Å². The van der Waals surface area contributed by atoms with Crippen LogP contribution >= 0.6 is 0 Å². The van der Waals surface area contributed by atoms with Gasteiger partial charge in [0, 0.05) is 47.9 Å². The summed E-state index contributed by atoms with van der Waals surface area (Å²) in [6.07, 6.45) is 8.78. The molecule has 2 aromatic heterocycles. The number of ether oxygens (including phenoxy) is 1. The lowest BCUT2D eigenvalue weighted by Crippen LogP contribution is -2.45. The molecule has 1 amide bonds. The molecule has 3 N–H and O–H groups in total. The lowest BCUT2D eigenvalue weighted by atomic mass is 10.0. The van der Waals surface area contributed by atoms with E-state index in [0.29, 0.717) is 35.0 Å². The predicted molar refractivity (Wildman–Crippen MR) is 164 cm³/mol. The Morgan fingerprint density at radius 3 is 2.45 bits per heavy atom. The van der Waals surface area contributed by atoms with Gasteiger partial charge in [-0.05, 0) is 87.5 Å². The van der Waals surface area contributed by atoms with E-state index in [0.717, 1.165) is 66.6 Å². The second kappa shape index (κ2) is 11.6. The van der Waals surface area contributed by atoms with Crippen LogP contribution in [0.4, 0.5) is 11.6 Å². The summed E-state index contributed by atoms with van der Waals surface area (Å²) in [5.41, 5.74) is 9.57. The molecule has 2 aromatic carbocycles. The molecular formula is C33H37N7O2. The number of piperidine rings is 1. The van der Waals surface area contributed by atoms with Crippen molar-refractivity contribution in [2.24, 2.45) is 0 Å². The van der Waals surface area contributed by atoms with Crippen molar-refractivity contribution in [1.82, 2.24) is 24.8 Å². The second-order valence-electron chi connectivity index (χ2n) is 11.7. The van der Waals surface area contributed by atoms with Gasteiger partial charge in [-0.2, -0.15) is 0 Å². The summed E-state index contributed by atoms with van der Waals surface area (Å²) in [6, 6.07) is 18.7. The maximum atomic E-state index is 13.2.